The van der Waals surface area contributed by atoms with Gasteiger partial charge in [-0.2, -0.15) is 0 Å². The number of non-ortho nitro benzene ring substituents is 1. The van der Waals surface area contributed by atoms with E-state index in [0.717, 1.165) is 17.5 Å². The Hall–Kier alpha value is -1.42. The molecule has 0 aromatic heterocycles. The minimum atomic E-state index is -0.386. The first-order chi connectivity index (χ1) is 7.84. The van der Waals surface area contributed by atoms with Gasteiger partial charge in [-0.25, -0.2) is 0 Å². The van der Waals surface area contributed by atoms with Gasteiger partial charge in [0.25, 0.3) is 5.69 Å². The van der Waals surface area contributed by atoms with E-state index in [-0.39, 0.29) is 28.0 Å². The van der Waals surface area contributed by atoms with E-state index in [0.29, 0.717) is 0 Å². The highest BCUT2D eigenvalue weighted by atomic mass is 16.6. The topological polar surface area (TPSA) is 63.4 Å². The third-order valence-corrected chi connectivity index (χ3v) is 4.13. The van der Waals surface area contributed by atoms with Crippen molar-refractivity contribution in [2.75, 3.05) is 6.61 Å². The fourth-order valence-corrected chi connectivity index (χ4v) is 2.76. The molecule has 1 N–H and O–H groups in total. The van der Waals surface area contributed by atoms with Crippen molar-refractivity contribution < 1.29 is 10.0 Å². The Morgan fingerprint density at radius 2 is 2.06 bits per heavy atom. The molecule has 1 unspecified atom stereocenters. The summed E-state index contributed by atoms with van der Waals surface area (Å²) in [4.78, 5) is 10.4. The van der Waals surface area contributed by atoms with Crippen LogP contribution in [0.3, 0.4) is 0 Å². The Kier molecular flexibility index (Phi) is 2.51. The molecule has 0 heterocycles. The molecule has 1 aliphatic carbocycles. The molecule has 0 aliphatic heterocycles. The molecule has 1 atom stereocenters. The summed E-state index contributed by atoms with van der Waals surface area (Å²) in [7, 11) is 0. The molecule has 0 radical (unpaired) electrons. The lowest BCUT2D eigenvalue weighted by atomic mass is 9.85. The second kappa shape index (κ2) is 3.53. The maximum atomic E-state index is 10.8. The number of nitro groups is 1. The Morgan fingerprint density at radius 1 is 1.47 bits per heavy atom. The van der Waals surface area contributed by atoms with E-state index in [1.807, 2.05) is 6.92 Å². The summed E-state index contributed by atoms with van der Waals surface area (Å²) in [5.41, 5.74) is 1.74. The lowest BCUT2D eigenvalue weighted by Crippen LogP contribution is -2.20. The quantitative estimate of drug-likeness (QED) is 0.647. The normalized spacial score (nSPS) is 25.6. The van der Waals surface area contributed by atoms with Gasteiger partial charge in [0.05, 0.1) is 11.5 Å². The highest BCUT2D eigenvalue weighted by Gasteiger charge is 2.62. The van der Waals surface area contributed by atoms with E-state index in [4.69, 9.17) is 0 Å². The number of hydrogen-bond acceptors (Lipinski definition) is 3. The van der Waals surface area contributed by atoms with Crippen molar-refractivity contribution in [3.05, 3.63) is 39.4 Å². The summed E-state index contributed by atoms with van der Waals surface area (Å²) in [6, 6.07) is 4.89. The maximum Gasteiger partial charge on any atom is 0.269 e. The van der Waals surface area contributed by atoms with Crippen molar-refractivity contribution >= 4 is 5.69 Å². The van der Waals surface area contributed by atoms with Gasteiger partial charge in [0.15, 0.2) is 0 Å². The second-order valence-corrected chi connectivity index (χ2v) is 5.56. The summed E-state index contributed by atoms with van der Waals surface area (Å²) in [6.07, 6.45) is 0.874. The van der Waals surface area contributed by atoms with Gasteiger partial charge in [0.1, 0.15) is 0 Å². The van der Waals surface area contributed by atoms with Crippen molar-refractivity contribution in [3.63, 3.8) is 0 Å². The van der Waals surface area contributed by atoms with Crippen molar-refractivity contribution in [1.82, 2.24) is 0 Å². The van der Waals surface area contributed by atoms with E-state index in [9.17, 15) is 15.2 Å². The minimum Gasteiger partial charge on any atom is -0.395 e. The molecular weight excluding hydrogens is 218 g/mol. The molecule has 0 saturated heterocycles. The highest BCUT2D eigenvalue weighted by Crippen LogP contribution is 2.64. The Balaban J connectivity index is 2.52. The average molecular weight is 235 g/mol. The van der Waals surface area contributed by atoms with Gasteiger partial charge in [-0.15, -0.1) is 0 Å². The lowest BCUT2D eigenvalue weighted by molar-refractivity contribution is -0.385. The van der Waals surface area contributed by atoms with Gasteiger partial charge >= 0.3 is 0 Å². The SMILES string of the molecule is Cc1ccc([N+](=O)[O-])cc1C1(CO)CC1(C)C. The van der Waals surface area contributed by atoms with Crippen LogP contribution in [0.4, 0.5) is 5.69 Å². The molecule has 0 bridgehead atoms. The first-order valence-corrected chi connectivity index (χ1v) is 5.70. The first-order valence-electron chi connectivity index (χ1n) is 5.70. The van der Waals surface area contributed by atoms with Gasteiger partial charge in [0, 0.05) is 17.5 Å². The molecule has 1 aromatic rings. The summed E-state index contributed by atoms with van der Waals surface area (Å²) in [5.74, 6) is 0. The van der Waals surface area contributed by atoms with Gasteiger partial charge in [-0.05, 0) is 29.9 Å². The van der Waals surface area contributed by atoms with Crippen molar-refractivity contribution in [2.45, 2.75) is 32.6 Å². The molecule has 17 heavy (non-hydrogen) atoms. The zero-order valence-corrected chi connectivity index (χ0v) is 10.4. The van der Waals surface area contributed by atoms with Crippen LogP contribution in [0.2, 0.25) is 0 Å². The van der Waals surface area contributed by atoms with Crippen LogP contribution in [0.25, 0.3) is 0 Å². The van der Waals surface area contributed by atoms with E-state index in [2.05, 4.69) is 13.8 Å². The highest BCUT2D eigenvalue weighted by molar-refractivity contribution is 5.48. The lowest BCUT2D eigenvalue weighted by Gasteiger charge is -2.20. The van der Waals surface area contributed by atoms with Gasteiger partial charge in [0.2, 0.25) is 0 Å². The standard InChI is InChI=1S/C13H17NO3/c1-9-4-5-10(14(16)17)6-11(9)13(8-15)7-12(13,2)3/h4-6,15H,7-8H2,1-3H3. The molecule has 2 rings (SSSR count). The summed E-state index contributed by atoms with van der Waals surface area (Å²) in [6.45, 7) is 6.15. The van der Waals surface area contributed by atoms with Crippen LogP contribution >= 0.6 is 0 Å². The predicted octanol–water partition coefficient (Wildman–Crippen LogP) is 2.56. The zero-order valence-electron chi connectivity index (χ0n) is 10.4. The number of aliphatic hydroxyl groups excluding tert-OH is 1. The predicted molar refractivity (Wildman–Crippen MR) is 65.0 cm³/mol. The van der Waals surface area contributed by atoms with Gasteiger partial charge in [-0.3, -0.25) is 10.1 Å². The molecule has 4 heteroatoms. The third-order valence-electron chi connectivity index (χ3n) is 4.13. The van der Waals surface area contributed by atoms with Crippen LogP contribution in [0, 0.1) is 22.5 Å². The Bertz CT molecular complexity index is 482. The van der Waals surface area contributed by atoms with E-state index in [1.54, 1.807) is 12.1 Å². The summed E-state index contributed by atoms with van der Waals surface area (Å²) >= 11 is 0. The van der Waals surface area contributed by atoms with Crippen LogP contribution in [0.5, 0.6) is 0 Å². The molecule has 1 fully saturated rings. The monoisotopic (exact) mass is 235 g/mol. The number of nitro benzene ring substituents is 1. The van der Waals surface area contributed by atoms with E-state index >= 15 is 0 Å². The molecule has 0 amide bonds. The minimum absolute atomic E-state index is 0.0156. The smallest absolute Gasteiger partial charge is 0.269 e. The van der Waals surface area contributed by atoms with E-state index < -0.39 is 0 Å². The third kappa shape index (κ3) is 1.63. The van der Waals surface area contributed by atoms with Crippen LogP contribution in [0.15, 0.2) is 18.2 Å². The van der Waals surface area contributed by atoms with Crippen LogP contribution in [-0.4, -0.2) is 16.6 Å². The van der Waals surface area contributed by atoms with Crippen molar-refractivity contribution in [3.8, 4) is 0 Å². The van der Waals surface area contributed by atoms with Crippen molar-refractivity contribution in [1.29, 1.82) is 0 Å². The maximum absolute atomic E-state index is 10.8. The van der Waals surface area contributed by atoms with Crippen LogP contribution in [-0.2, 0) is 5.41 Å². The van der Waals surface area contributed by atoms with Gasteiger partial charge < -0.3 is 5.11 Å². The fourth-order valence-electron chi connectivity index (χ4n) is 2.76. The summed E-state index contributed by atoms with van der Waals surface area (Å²) < 4.78 is 0. The summed E-state index contributed by atoms with van der Waals surface area (Å²) in [5, 5.41) is 20.4. The number of rotatable bonds is 3. The Morgan fingerprint density at radius 3 is 2.47 bits per heavy atom. The van der Waals surface area contributed by atoms with Crippen LogP contribution in [0.1, 0.15) is 31.4 Å². The fraction of sp³-hybridized carbons (Fsp3) is 0.538. The molecule has 4 nitrogen and oxygen atoms in total. The Labute approximate surface area is 100 Å². The molecular formula is C13H17NO3. The van der Waals surface area contributed by atoms with Crippen molar-refractivity contribution in [2.24, 2.45) is 5.41 Å². The molecule has 1 saturated carbocycles. The number of aliphatic hydroxyl groups is 1. The van der Waals surface area contributed by atoms with E-state index in [1.165, 1.54) is 6.07 Å². The zero-order chi connectivity index (χ0) is 12.8. The number of nitrogens with zero attached hydrogens (tertiary/aromatic N) is 1. The molecule has 92 valence electrons. The molecule has 1 aromatic carbocycles. The number of benzene rings is 1. The molecule has 0 spiro atoms. The number of aryl methyl sites for hydroxylation is 1. The van der Waals surface area contributed by atoms with Gasteiger partial charge in [-0.1, -0.05) is 19.9 Å². The number of hydrogen-bond donors (Lipinski definition) is 1. The molecule has 1 aliphatic rings. The second-order valence-electron chi connectivity index (χ2n) is 5.56. The van der Waals surface area contributed by atoms with Crippen LogP contribution < -0.4 is 0 Å². The largest absolute Gasteiger partial charge is 0.395 e. The first kappa shape index (κ1) is 12.0. The average Bonchev–Trinajstić information content (AvgIpc) is 2.82.